The molecule has 1 heterocycles. The molecular weight excluding hydrogens is 312 g/mol. The van der Waals surface area contributed by atoms with Crippen LogP contribution in [0.4, 0.5) is 17.6 Å². The van der Waals surface area contributed by atoms with Crippen molar-refractivity contribution in [1.82, 2.24) is 9.80 Å². The average molecular weight is 332 g/mol. The summed E-state index contributed by atoms with van der Waals surface area (Å²) < 4.78 is 51.6. The molecule has 2 rings (SSSR count). The standard InChI is InChI=1S/C16H20F4N2O/c1-11(23)13(10-22-7-5-21(2)6-8-22)12-3-4-14(15(17)9-12)16(18,19)20/h3-4,9,13H,5-8,10H2,1-2H3. The summed E-state index contributed by atoms with van der Waals surface area (Å²) in [6.07, 6.45) is -4.73. The van der Waals surface area contributed by atoms with Gasteiger partial charge in [-0.1, -0.05) is 6.07 Å². The van der Waals surface area contributed by atoms with E-state index in [9.17, 15) is 22.4 Å². The zero-order valence-electron chi connectivity index (χ0n) is 13.2. The molecule has 1 aliphatic heterocycles. The second kappa shape index (κ2) is 6.97. The van der Waals surface area contributed by atoms with Crippen molar-refractivity contribution in [3.8, 4) is 0 Å². The lowest BCUT2D eigenvalue weighted by Crippen LogP contribution is -2.46. The van der Waals surface area contributed by atoms with Crippen molar-refractivity contribution in [2.45, 2.75) is 19.0 Å². The number of rotatable bonds is 4. The van der Waals surface area contributed by atoms with E-state index in [4.69, 9.17) is 0 Å². The maximum Gasteiger partial charge on any atom is 0.419 e. The number of Topliss-reactive ketones (excluding diaryl/α,β-unsaturated/α-hetero) is 1. The predicted octanol–water partition coefficient (Wildman–Crippen LogP) is 2.76. The van der Waals surface area contributed by atoms with Gasteiger partial charge in [-0.3, -0.25) is 9.69 Å². The monoisotopic (exact) mass is 332 g/mol. The molecule has 0 spiro atoms. The molecule has 1 fully saturated rings. The molecule has 0 radical (unpaired) electrons. The van der Waals surface area contributed by atoms with Gasteiger partial charge in [-0.05, 0) is 31.7 Å². The molecule has 3 nitrogen and oxygen atoms in total. The number of carbonyl (C=O) groups is 1. The van der Waals surface area contributed by atoms with Gasteiger partial charge in [0.25, 0.3) is 0 Å². The van der Waals surface area contributed by atoms with Gasteiger partial charge in [-0.2, -0.15) is 13.2 Å². The number of halogens is 4. The van der Waals surface area contributed by atoms with Crippen LogP contribution in [0.3, 0.4) is 0 Å². The van der Waals surface area contributed by atoms with Crippen LogP contribution in [0.2, 0.25) is 0 Å². The van der Waals surface area contributed by atoms with Gasteiger partial charge >= 0.3 is 6.18 Å². The maximum absolute atomic E-state index is 13.7. The molecule has 1 aromatic carbocycles. The first kappa shape index (κ1) is 17.9. The van der Waals surface area contributed by atoms with E-state index < -0.39 is 23.5 Å². The Kier molecular flexibility index (Phi) is 5.41. The summed E-state index contributed by atoms with van der Waals surface area (Å²) in [4.78, 5) is 16.1. The van der Waals surface area contributed by atoms with Gasteiger partial charge in [0.2, 0.25) is 0 Å². The number of ketones is 1. The fraction of sp³-hybridized carbons (Fsp3) is 0.562. The number of piperazine rings is 1. The highest BCUT2D eigenvalue weighted by molar-refractivity contribution is 5.83. The van der Waals surface area contributed by atoms with E-state index in [1.54, 1.807) is 0 Å². The zero-order chi connectivity index (χ0) is 17.2. The minimum atomic E-state index is -4.73. The lowest BCUT2D eigenvalue weighted by molar-refractivity contribution is -0.140. The summed E-state index contributed by atoms with van der Waals surface area (Å²) in [6, 6.07) is 2.75. The van der Waals surface area contributed by atoms with Crippen molar-refractivity contribution in [2.24, 2.45) is 0 Å². The van der Waals surface area contributed by atoms with E-state index in [0.717, 1.165) is 32.2 Å². The van der Waals surface area contributed by atoms with Gasteiger partial charge in [0.05, 0.1) is 11.5 Å². The summed E-state index contributed by atoms with van der Waals surface area (Å²) in [5, 5.41) is 0. The molecule has 7 heteroatoms. The smallest absolute Gasteiger partial charge is 0.304 e. The van der Waals surface area contributed by atoms with Gasteiger partial charge in [0.1, 0.15) is 11.6 Å². The zero-order valence-corrected chi connectivity index (χ0v) is 13.2. The normalized spacial score (nSPS) is 18.9. The van der Waals surface area contributed by atoms with Crippen LogP contribution >= 0.6 is 0 Å². The first-order valence-electron chi connectivity index (χ1n) is 7.46. The summed E-state index contributed by atoms with van der Waals surface area (Å²) in [6.45, 7) is 5.08. The molecular formula is C16H20F4N2O. The molecule has 0 aromatic heterocycles. The van der Waals surface area contributed by atoms with Crippen LogP contribution in [-0.2, 0) is 11.0 Å². The molecule has 1 unspecified atom stereocenters. The number of likely N-dealkylation sites (N-methyl/N-ethyl adjacent to an activating group) is 1. The molecule has 1 saturated heterocycles. The van der Waals surface area contributed by atoms with E-state index in [-0.39, 0.29) is 5.78 Å². The van der Waals surface area contributed by atoms with E-state index >= 15 is 0 Å². The topological polar surface area (TPSA) is 23.6 Å². The van der Waals surface area contributed by atoms with Crippen molar-refractivity contribution in [3.63, 3.8) is 0 Å². The Balaban J connectivity index is 2.18. The van der Waals surface area contributed by atoms with Crippen LogP contribution in [0.15, 0.2) is 18.2 Å². The molecule has 128 valence electrons. The van der Waals surface area contributed by atoms with E-state index in [1.165, 1.54) is 13.0 Å². The van der Waals surface area contributed by atoms with Gasteiger partial charge in [0.15, 0.2) is 0 Å². The highest BCUT2D eigenvalue weighted by Crippen LogP contribution is 2.33. The number of carbonyl (C=O) groups excluding carboxylic acids is 1. The van der Waals surface area contributed by atoms with Gasteiger partial charge in [-0.25, -0.2) is 4.39 Å². The summed E-state index contributed by atoms with van der Waals surface area (Å²) in [5.74, 6) is -2.13. The summed E-state index contributed by atoms with van der Waals surface area (Å²) in [7, 11) is 2.00. The number of nitrogens with zero attached hydrogens (tertiary/aromatic N) is 2. The molecule has 0 saturated carbocycles. The Morgan fingerprint density at radius 1 is 1.22 bits per heavy atom. The van der Waals surface area contributed by atoms with Gasteiger partial charge in [-0.15, -0.1) is 0 Å². The number of alkyl halides is 3. The quantitative estimate of drug-likeness (QED) is 0.792. The predicted molar refractivity (Wildman–Crippen MR) is 78.8 cm³/mol. The molecule has 0 bridgehead atoms. The first-order valence-corrected chi connectivity index (χ1v) is 7.46. The van der Waals surface area contributed by atoms with Crippen molar-refractivity contribution in [2.75, 3.05) is 39.8 Å². The number of hydrogen-bond acceptors (Lipinski definition) is 3. The molecule has 0 N–H and O–H groups in total. The third kappa shape index (κ3) is 4.51. The molecule has 23 heavy (non-hydrogen) atoms. The molecule has 0 amide bonds. The van der Waals surface area contributed by atoms with Crippen molar-refractivity contribution >= 4 is 5.78 Å². The lowest BCUT2D eigenvalue weighted by Gasteiger charge is -2.34. The van der Waals surface area contributed by atoms with E-state index in [0.29, 0.717) is 18.2 Å². The average Bonchev–Trinajstić information content (AvgIpc) is 2.44. The van der Waals surface area contributed by atoms with Crippen LogP contribution in [0.25, 0.3) is 0 Å². The van der Waals surface area contributed by atoms with Gasteiger partial charge in [0, 0.05) is 32.7 Å². The van der Waals surface area contributed by atoms with E-state index in [2.05, 4.69) is 9.80 Å². The first-order chi connectivity index (χ1) is 10.7. The van der Waals surface area contributed by atoms with Crippen LogP contribution in [0.5, 0.6) is 0 Å². The molecule has 1 atom stereocenters. The Hall–Kier alpha value is -1.47. The number of benzene rings is 1. The fourth-order valence-electron chi connectivity index (χ4n) is 2.74. The van der Waals surface area contributed by atoms with Gasteiger partial charge < -0.3 is 4.90 Å². The number of hydrogen-bond donors (Lipinski definition) is 0. The highest BCUT2D eigenvalue weighted by atomic mass is 19.4. The minimum absolute atomic E-state index is 0.178. The summed E-state index contributed by atoms with van der Waals surface area (Å²) >= 11 is 0. The Bertz CT molecular complexity index is 566. The Labute approximate surface area is 132 Å². The van der Waals surface area contributed by atoms with E-state index in [1.807, 2.05) is 7.05 Å². The minimum Gasteiger partial charge on any atom is -0.304 e. The lowest BCUT2D eigenvalue weighted by atomic mass is 9.93. The second-order valence-corrected chi connectivity index (χ2v) is 6.00. The van der Waals surface area contributed by atoms with Crippen LogP contribution < -0.4 is 0 Å². The Morgan fingerprint density at radius 2 is 1.83 bits per heavy atom. The summed E-state index contributed by atoms with van der Waals surface area (Å²) in [5.41, 5.74) is -1.01. The molecule has 1 aromatic rings. The largest absolute Gasteiger partial charge is 0.419 e. The Morgan fingerprint density at radius 3 is 2.30 bits per heavy atom. The third-order valence-corrected chi connectivity index (χ3v) is 4.23. The van der Waals surface area contributed by atoms with Crippen LogP contribution in [0.1, 0.15) is 24.0 Å². The van der Waals surface area contributed by atoms with Crippen molar-refractivity contribution < 1.29 is 22.4 Å². The molecule has 0 aliphatic carbocycles. The van der Waals surface area contributed by atoms with Crippen LogP contribution in [-0.4, -0.2) is 55.4 Å². The second-order valence-electron chi connectivity index (χ2n) is 6.00. The third-order valence-electron chi connectivity index (χ3n) is 4.23. The van der Waals surface area contributed by atoms with Crippen molar-refractivity contribution in [3.05, 3.63) is 35.1 Å². The maximum atomic E-state index is 13.7. The fourth-order valence-corrected chi connectivity index (χ4v) is 2.74. The molecule has 1 aliphatic rings. The van der Waals surface area contributed by atoms with Crippen LogP contribution in [0, 0.1) is 5.82 Å². The highest BCUT2D eigenvalue weighted by Gasteiger charge is 2.34. The SMILES string of the molecule is CC(=O)C(CN1CCN(C)CC1)c1ccc(C(F)(F)F)c(F)c1. The van der Waals surface area contributed by atoms with Crippen molar-refractivity contribution in [1.29, 1.82) is 0 Å².